The smallest absolute Gasteiger partial charge is 0.255 e. The Morgan fingerprint density at radius 1 is 1.07 bits per heavy atom. The van der Waals surface area contributed by atoms with Gasteiger partial charge in [-0.25, -0.2) is 4.98 Å². The van der Waals surface area contributed by atoms with E-state index in [1.807, 2.05) is 25.1 Å². The number of nitrogens with zero attached hydrogens (tertiary/aromatic N) is 5. The largest absolute Gasteiger partial charge is 0.461 e. The molecule has 148 valence electrons. The molecule has 4 aromatic rings. The molecule has 29 heavy (non-hydrogen) atoms. The summed E-state index contributed by atoms with van der Waals surface area (Å²) >= 11 is 0. The first kappa shape index (κ1) is 17.7. The summed E-state index contributed by atoms with van der Waals surface area (Å²) in [6.07, 6.45) is 4.14. The standard InChI is InChI=1S/C22H24N6O/c1-15-9-11-27(12-10-15)18-7-5-17(6-8-18)24-20-14-16(2)23-22-25-21(26-28(20)22)19-4-3-13-29-19/h3-8,13-15,24H,9-12H2,1-2H3. The fourth-order valence-corrected chi connectivity index (χ4v) is 3.76. The van der Waals surface area contributed by atoms with Crippen LogP contribution in [0, 0.1) is 12.8 Å². The molecule has 0 atom stereocenters. The molecule has 3 aromatic heterocycles. The second-order valence-corrected chi connectivity index (χ2v) is 7.75. The van der Waals surface area contributed by atoms with Crippen molar-refractivity contribution < 1.29 is 4.42 Å². The van der Waals surface area contributed by atoms with Gasteiger partial charge in [-0.05, 0) is 62.1 Å². The summed E-state index contributed by atoms with van der Waals surface area (Å²) in [4.78, 5) is 11.5. The Hall–Kier alpha value is -3.35. The first-order valence-corrected chi connectivity index (χ1v) is 10.1. The van der Waals surface area contributed by atoms with Gasteiger partial charge in [0.05, 0.1) is 6.26 Å². The highest BCUT2D eigenvalue weighted by molar-refractivity contribution is 5.63. The normalized spacial score (nSPS) is 15.2. The van der Waals surface area contributed by atoms with Gasteiger partial charge in [0.2, 0.25) is 5.82 Å². The summed E-state index contributed by atoms with van der Waals surface area (Å²) in [5, 5.41) is 8.02. The Bertz CT molecular complexity index is 1110. The monoisotopic (exact) mass is 388 g/mol. The number of fused-ring (bicyclic) bond motifs is 1. The minimum atomic E-state index is 0.519. The molecule has 1 saturated heterocycles. The lowest BCUT2D eigenvalue weighted by Crippen LogP contribution is -2.32. The molecule has 0 amide bonds. The van der Waals surface area contributed by atoms with Gasteiger partial charge < -0.3 is 14.6 Å². The van der Waals surface area contributed by atoms with E-state index in [1.165, 1.54) is 18.5 Å². The van der Waals surface area contributed by atoms with E-state index in [4.69, 9.17) is 4.42 Å². The van der Waals surface area contributed by atoms with Gasteiger partial charge in [-0.3, -0.25) is 0 Å². The van der Waals surface area contributed by atoms with E-state index in [-0.39, 0.29) is 0 Å². The summed E-state index contributed by atoms with van der Waals surface area (Å²) in [5.74, 6) is 3.33. The zero-order valence-electron chi connectivity index (χ0n) is 16.7. The Kier molecular flexibility index (Phi) is 4.42. The van der Waals surface area contributed by atoms with Crippen LogP contribution >= 0.6 is 0 Å². The highest BCUT2D eigenvalue weighted by Crippen LogP contribution is 2.26. The van der Waals surface area contributed by atoms with Crippen LogP contribution in [0.1, 0.15) is 25.5 Å². The van der Waals surface area contributed by atoms with Crippen LogP contribution in [0.15, 0.2) is 53.1 Å². The van der Waals surface area contributed by atoms with E-state index in [1.54, 1.807) is 10.8 Å². The van der Waals surface area contributed by atoms with E-state index in [9.17, 15) is 0 Å². The first-order valence-electron chi connectivity index (χ1n) is 10.1. The van der Waals surface area contributed by atoms with E-state index >= 15 is 0 Å². The summed E-state index contributed by atoms with van der Waals surface area (Å²) in [7, 11) is 0. The lowest BCUT2D eigenvalue weighted by molar-refractivity contribution is 0.438. The summed E-state index contributed by atoms with van der Waals surface area (Å²) in [5.41, 5.74) is 3.15. The van der Waals surface area contributed by atoms with Crippen molar-refractivity contribution in [3.63, 3.8) is 0 Å². The lowest BCUT2D eigenvalue weighted by Gasteiger charge is -2.32. The molecular formula is C22H24N6O. The molecular weight excluding hydrogens is 364 g/mol. The van der Waals surface area contributed by atoms with Crippen LogP contribution < -0.4 is 10.2 Å². The molecule has 0 bridgehead atoms. The van der Waals surface area contributed by atoms with Crippen molar-refractivity contribution >= 4 is 23.0 Å². The van der Waals surface area contributed by atoms with Crippen molar-refractivity contribution in [2.45, 2.75) is 26.7 Å². The third kappa shape index (κ3) is 3.55. The molecule has 1 aromatic carbocycles. The summed E-state index contributed by atoms with van der Waals surface area (Å²) < 4.78 is 7.14. The van der Waals surface area contributed by atoms with E-state index in [0.717, 1.165) is 36.2 Å². The number of furan rings is 1. The molecule has 7 heteroatoms. The van der Waals surface area contributed by atoms with E-state index in [0.29, 0.717) is 17.4 Å². The van der Waals surface area contributed by atoms with Crippen LogP contribution in [0.25, 0.3) is 17.4 Å². The zero-order valence-corrected chi connectivity index (χ0v) is 16.7. The summed E-state index contributed by atoms with van der Waals surface area (Å²) in [6.45, 7) is 6.55. The number of piperidine rings is 1. The zero-order chi connectivity index (χ0) is 19.8. The summed E-state index contributed by atoms with van der Waals surface area (Å²) in [6, 6.07) is 14.2. The number of hydrogen-bond acceptors (Lipinski definition) is 6. The first-order chi connectivity index (χ1) is 14.2. The number of nitrogens with one attached hydrogen (secondary N) is 1. The van der Waals surface area contributed by atoms with Gasteiger partial charge in [0.15, 0.2) is 5.76 Å². The maximum atomic E-state index is 5.42. The molecule has 0 spiro atoms. The van der Waals surface area contributed by atoms with E-state index < -0.39 is 0 Å². The third-order valence-electron chi connectivity index (χ3n) is 5.47. The number of aryl methyl sites for hydroxylation is 1. The molecule has 0 saturated carbocycles. The molecule has 1 aliphatic heterocycles. The van der Waals surface area contributed by atoms with Gasteiger partial charge >= 0.3 is 0 Å². The van der Waals surface area contributed by atoms with Crippen LogP contribution in [0.3, 0.4) is 0 Å². The van der Waals surface area contributed by atoms with Crippen molar-refractivity contribution in [2.75, 3.05) is 23.3 Å². The molecule has 1 N–H and O–H groups in total. The van der Waals surface area contributed by atoms with E-state index in [2.05, 4.69) is 56.5 Å². The molecule has 0 radical (unpaired) electrons. The van der Waals surface area contributed by atoms with Gasteiger partial charge in [0.25, 0.3) is 5.78 Å². The van der Waals surface area contributed by atoms with Crippen molar-refractivity contribution in [1.82, 2.24) is 19.6 Å². The number of hydrogen-bond donors (Lipinski definition) is 1. The number of anilines is 3. The second kappa shape index (κ2) is 7.24. The van der Waals surface area contributed by atoms with Gasteiger partial charge in [-0.15, -0.1) is 5.10 Å². The Balaban J connectivity index is 1.41. The van der Waals surface area contributed by atoms with Crippen LogP contribution in [-0.2, 0) is 0 Å². The number of benzene rings is 1. The fourth-order valence-electron chi connectivity index (χ4n) is 3.76. The quantitative estimate of drug-likeness (QED) is 0.548. The Morgan fingerprint density at radius 2 is 1.86 bits per heavy atom. The molecule has 5 rings (SSSR count). The topological polar surface area (TPSA) is 71.5 Å². The second-order valence-electron chi connectivity index (χ2n) is 7.75. The van der Waals surface area contributed by atoms with Gasteiger partial charge in [0.1, 0.15) is 5.82 Å². The maximum absolute atomic E-state index is 5.42. The molecule has 1 fully saturated rings. The van der Waals surface area contributed by atoms with Crippen molar-refractivity contribution in [3.8, 4) is 11.6 Å². The third-order valence-corrected chi connectivity index (χ3v) is 5.47. The van der Waals surface area contributed by atoms with Gasteiger partial charge in [0, 0.05) is 36.2 Å². The maximum Gasteiger partial charge on any atom is 0.255 e. The molecule has 0 unspecified atom stereocenters. The van der Waals surface area contributed by atoms with Crippen molar-refractivity contribution in [3.05, 3.63) is 54.4 Å². The van der Waals surface area contributed by atoms with Crippen LogP contribution in [0.4, 0.5) is 17.2 Å². The molecule has 7 nitrogen and oxygen atoms in total. The Labute approximate surface area is 169 Å². The number of rotatable bonds is 4. The predicted octanol–water partition coefficient (Wildman–Crippen LogP) is 4.67. The highest BCUT2D eigenvalue weighted by atomic mass is 16.3. The van der Waals surface area contributed by atoms with Gasteiger partial charge in [-0.2, -0.15) is 9.50 Å². The van der Waals surface area contributed by atoms with Crippen molar-refractivity contribution in [1.29, 1.82) is 0 Å². The van der Waals surface area contributed by atoms with Crippen LogP contribution in [0.2, 0.25) is 0 Å². The minimum Gasteiger partial charge on any atom is -0.461 e. The molecule has 0 aliphatic carbocycles. The average Bonchev–Trinajstić information content (AvgIpc) is 3.39. The van der Waals surface area contributed by atoms with Crippen molar-refractivity contribution in [2.24, 2.45) is 5.92 Å². The highest BCUT2D eigenvalue weighted by Gasteiger charge is 2.16. The average molecular weight is 388 g/mol. The Morgan fingerprint density at radius 3 is 2.59 bits per heavy atom. The SMILES string of the molecule is Cc1cc(Nc2ccc(N3CCC(C)CC3)cc2)n2nc(-c3ccco3)nc2n1. The van der Waals surface area contributed by atoms with Gasteiger partial charge in [-0.1, -0.05) is 6.92 Å². The minimum absolute atomic E-state index is 0.519. The number of aromatic nitrogens is 4. The fraction of sp³-hybridized carbons (Fsp3) is 0.318. The lowest BCUT2D eigenvalue weighted by atomic mass is 9.99. The molecule has 4 heterocycles. The molecule has 1 aliphatic rings. The predicted molar refractivity (Wildman–Crippen MR) is 114 cm³/mol. The van der Waals surface area contributed by atoms with Crippen LogP contribution in [0.5, 0.6) is 0 Å². The van der Waals surface area contributed by atoms with Crippen LogP contribution in [-0.4, -0.2) is 32.7 Å².